The minimum atomic E-state index is -0.750. The fraction of sp³-hybridized carbons (Fsp3) is 0.375. The van der Waals surface area contributed by atoms with E-state index in [2.05, 4.69) is 42.5 Å². The number of benzene rings is 2. The molecule has 0 aliphatic heterocycles. The van der Waals surface area contributed by atoms with E-state index in [1.165, 1.54) is 36.5 Å². The molecule has 2 heteroatoms. The van der Waals surface area contributed by atoms with Crippen molar-refractivity contribution in [3.05, 3.63) is 48.0 Å². The van der Waals surface area contributed by atoms with E-state index in [9.17, 15) is 0 Å². The van der Waals surface area contributed by atoms with Crippen molar-refractivity contribution in [2.75, 3.05) is 6.79 Å². The molecule has 0 spiro atoms. The number of hydrogen-bond donors (Lipinski definition) is 2. The predicted octanol–water partition coefficient (Wildman–Crippen LogP) is 3.43. The quantitative estimate of drug-likeness (QED) is 0.754. The van der Waals surface area contributed by atoms with E-state index in [0.717, 1.165) is 5.92 Å². The lowest BCUT2D eigenvalue weighted by Crippen LogP contribution is -1.91. The first-order valence-corrected chi connectivity index (χ1v) is 6.55. The smallest absolute Gasteiger partial charge is 0.140 e. The zero-order chi connectivity index (χ0) is 12.8. The average molecular weight is 244 g/mol. The molecule has 1 saturated carbocycles. The summed E-state index contributed by atoms with van der Waals surface area (Å²) in [5.41, 5.74) is 1.55. The Labute approximate surface area is 108 Å². The van der Waals surface area contributed by atoms with Crippen molar-refractivity contribution in [2.24, 2.45) is 0 Å². The molecule has 0 radical (unpaired) electrons. The maximum atomic E-state index is 7.12. The van der Waals surface area contributed by atoms with Crippen molar-refractivity contribution in [1.29, 1.82) is 0 Å². The Balaban J connectivity index is 0.000000367. The summed E-state index contributed by atoms with van der Waals surface area (Å²) in [6, 6.07) is 15.6. The van der Waals surface area contributed by atoms with Crippen LogP contribution in [0.25, 0.3) is 10.8 Å². The molecule has 0 aromatic heterocycles. The van der Waals surface area contributed by atoms with Crippen LogP contribution in [0, 0.1) is 0 Å². The van der Waals surface area contributed by atoms with Crippen LogP contribution in [0.4, 0.5) is 0 Å². The summed E-state index contributed by atoms with van der Waals surface area (Å²) in [5, 5.41) is 17.0. The van der Waals surface area contributed by atoms with Gasteiger partial charge in [-0.2, -0.15) is 0 Å². The zero-order valence-electron chi connectivity index (χ0n) is 10.5. The summed E-state index contributed by atoms with van der Waals surface area (Å²) >= 11 is 0. The summed E-state index contributed by atoms with van der Waals surface area (Å²) in [4.78, 5) is 0. The van der Waals surface area contributed by atoms with Crippen LogP contribution in [0.5, 0.6) is 0 Å². The van der Waals surface area contributed by atoms with Gasteiger partial charge in [0.15, 0.2) is 0 Å². The lowest BCUT2D eigenvalue weighted by Gasteiger charge is -2.10. The molecule has 1 aliphatic rings. The molecule has 0 saturated heterocycles. The molecule has 0 heterocycles. The highest BCUT2D eigenvalue weighted by atomic mass is 16.5. The van der Waals surface area contributed by atoms with Crippen LogP contribution in [0.1, 0.15) is 37.2 Å². The van der Waals surface area contributed by atoms with Crippen LogP contribution in [0.2, 0.25) is 0 Å². The van der Waals surface area contributed by atoms with Gasteiger partial charge in [-0.3, -0.25) is 0 Å². The van der Waals surface area contributed by atoms with E-state index >= 15 is 0 Å². The highest BCUT2D eigenvalue weighted by Crippen LogP contribution is 2.35. The van der Waals surface area contributed by atoms with Crippen molar-refractivity contribution in [2.45, 2.75) is 31.6 Å². The van der Waals surface area contributed by atoms with E-state index in [0.29, 0.717) is 0 Å². The van der Waals surface area contributed by atoms with Gasteiger partial charge in [0, 0.05) is 0 Å². The standard InChI is InChI=1S/C15H16.CH4O2/c1-2-6-12(5-1)15-10-9-13-7-3-4-8-14(13)11-15;2-1-3/h3-4,7-12H,1-2,5-6H2;2-3H,1H2. The number of fused-ring (bicyclic) bond motifs is 1. The highest BCUT2D eigenvalue weighted by Gasteiger charge is 2.16. The van der Waals surface area contributed by atoms with Crippen LogP contribution >= 0.6 is 0 Å². The van der Waals surface area contributed by atoms with Crippen molar-refractivity contribution in [3.63, 3.8) is 0 Å². The summed E-state index contributed by atoms with van der Waals surface area (Å²) in [7, 11) is 0. The van der Waals surface area contributed by atoms with Crippen molar-refractivity contribution < 1.29 is 10.2 Å². The molecular formula is C16H20O2. The van der Waals surface area contributed by atoms with Gasteiger partial charge in [-0.25, -0.2) is 0 Å². The third-order valence-corrected chi connectivity index (χ3v) is 3.60. The molecule has 3 rings (SSSR count). The largest absolute Gasteiger partial charge is 0.371 e. The first-order valence-electron chi connectivity index (χ1n) is 6.55. The van der Waals surface area contributed by atoms with Gasteiger partial charge in [-0.05, 0) is 35.1 Å². The van der Waals surface area contributed by atoms with Gasteiger partial charge < -0.3 is 10.2 Å². The molecule has 0 bridgehead atoms. The Kier molecular flexibility index (Phi) is 4.73. The summed E-state index contributed by atoms with van der Waals surface area (Å²) < 4.78 is 0. The zero-order valence-corrected chi connectivity index (χ0v) is 10.5. The lowest BCUT2D eigenvalue weighted by atomic mass is 9.95. The second-order valence-electron chi connectivity index (χ2n) is 4.73. The Morgan fingerprint density at radius 2 is 1.50 bits per heavy atom. The molecule has 0 amide bonds. The Hall–Kier alpha value is -1.38. The van der Waals surface area contributed by atoms with E-state index in [1.54, 1.807) is 5.56 Å². The summed E-state index contributed by atoms with van der Waals surface area (Å²) in [5.74, 6) is 0.828. The number of hydrogen-bond acceptors (Lipinski definition) is 2. The van der Waals surface area contributed by atoms with Gasteiger partial charge in [0.25, 0.3) is 0 Å². The third kappa shape index (κ3) is 3.09. The second-order valence-corrected chi connectivity index (χ2v) is 4.73. The minimum absolute atomic E-state index is 0.750. The maximum Gasteiger partial charge on any atom is 0.140 e. The van der Waals surface area contributed by atoms with Crippen molar-refractivity contribution in [3.8, 4) is 0 Å². The monoisotopic (exact) mass is 244 g/mol. The normalized spacial score (nSPS) is 15.4. The molecule has 0 atom stereocenters. The van der Waals surface area contributed by atoms with Gasteiger partial charge in [-0.15, -0.1) is 0 Å². The van der Waals surface area contributed by atoms with Crippen LogP contribution < -0.4 is 0 Å². The van der Waals surface area contributed by atoms with Crippen molar-refractivity contribution in [1.82, 2.24) is 0 Å². The molecule has 18 heavy (non-hydrogen) atoms. The summed E-state index contributed by atoms with van der Waals surface area (Å²) in [6.45, 7) is -0.750. The lowest BCUT2D eigenvalue weighted by molar-refractivity contribution is 0.0773. The third-order valence-electron chi connectivity index (χ3n) is 3.60. The highest BCUT2D eigenvalue weighted by molar-refractivity contribution is 5.83. The van der Waals surface area contributed by atoms with Crippen LogP contribution in [-0.2, 0) is 0 Å². The summed E-state index contributed by atoms with van der Waals surface area (Å²) in [6.07, 6.45) is 5.60. The molecule has 2 nitrogen and oxygen atoms in total. The molecule has 2 aromatic rings. The molecule has 96 valence electrons. The predicted molar refractivity (Wildman–Crippen MR) is 74.5 cm³/mol. The van der Waals surface area contributed by atoms with Gasteiger partial charge >= 0.3 is 0 Å². The number of aliphatic hydroxyl groups excluding tert-OH is 1. The fourth-order valence-electron chi connectivity index (χ4n) is 2.72. The first-order chi connectivity index (χ1) is 8.85. The molecule has 1 fully saturated rings. The Morgan fingerprint density at radius 1 is 0.889 bits per heavy atom. The van der Waals surface area contributed by atoms with E-state index in [4.69, 9.17) is 10.2 Å². The minimum Gasteiger partial charge on any atom is -0.371 e. The maximum absolute atomic E-state index is 7.12. The SMILES string of the molecule is OCO.c1ccc2cc(C3CCCC3)ccc2c1. The van der Waals surface area contributed by atoms with Gasteiger partial charge in [0.05, 0.1) is 0 Å². The molecule has 2 N–H and O–H groups in total. The fourth-order valence-corrected chi connectivity index (χ4v) is 2.72. The number of aliphatic hydroxyl groups is 2. The molecule has 2 aromatic carbocycles. The van der Waals surface area contributed by atoms with Gasteiger partial charge in [-0.1, -0.05) is 55.3 Å². The van der Waals surface area contributed by atoms with E-state index in [-0.39, 0.29) is 0 Å². The van der Waals surface area contributed by atoms with Crippen molar-refractivity contribution >= 4 is 10.8 Å². The topological polar surface area (TPSA) is 40.5 Å². The number of rotatable bonds is 1. The van der Waals surface area contributed by atoms with Gasteiger partial charge in [0.1, 0.15) is 6.79 Å². The average Bonchev–Trinajstić information content (AvgIpc) is 2.93. The van der Waals surface area contributed by atoms with Crippen LogP contribution in [-0.4, -0.2) is 17.0 Å². The second kappa shape index (κ2) is 6.53. The van der Waals surface area contributed by atoms with Crippen LogP contribution in [0.15, 0.2) is 42.5 Å². The van der Waals surface area contributed by atoms with Crippen LogP contribution in [0.3, 0.4) is 0 Å². The van der Waals surface area contributed by atoms with E-state index in [1.807, 2.05) is 0 Å². The Morgan fingerprint density at radius 3 is 2.17 bits per heavy atom. The van der Waals surface area contributed by atoms with Gasteiger partial charge in [0.2, 0.25) is 0 Å². The molecule has 0 unspecified atom stereocenters. The Bertz CT molecular complexity index is 487. The first kappa shape index (κ1) is 13.1. The molecule has 1 aliphatic carbocycles. The van der Waals surface area contributed by atoms with E-state index < -0.39 is 6.79 Å². The molecular weight excluding hydrogens is 224 g/mol.